The van der Waals surface area contributed by atoms with Gasteiger partial charge in [0.1, 0.15) is 0 Å². The third-order valence-corrected chi connectivity index (χ3v) is 14.7. The Kier molecular flexibility index (Phi) is 7.56. The summed E-state index contributed by atoms with van der Waals surface area (Å²) in [6.07, 6.45) is 0. The molecule has 14 aromatic rings. The fourth-order valence-corrected chi connectivity index (χ4v) is 11.9. The summed E-state index contributed by atoms with van der Waals surface area (Å²) in [6.45, 7) is 0. The third kappa shape index (κ3) is 5.03. The zero-order valence-corrected chi connectivity index (χ0v) is 35.4. The van der Waals surface area contributed by atoms with Crippen LogP contribution in [0.3, 0.4) is 0 Å². The molecule has 0 aliphatic carbocycles. The highest BCUT2D eigenvalue weighted by atomic mass is 32.1. The number of nitrogens with zero attached hydrogens (tertiary/aromatic N) is 3. The van der Waals surface area contributed by atoms with Crippen LogP contribution < -0.4 is 4.90 Å². The van der Waals surface area contributed by atoms with Crippen LogP contribution in [-0.4, -0.2) is 8.80 Å². The molecule has 0 amide bonds. The van der Waals surface area contributed by atoms with E-state index < -0.39 is 0 Å². The largest absolute Gasteiger partial charge is 0.308 e. The van der Waals surface area contributed by atoms with Crippen molar-refractivity contribution in [1.29, 1.82) is 0 Å². The highest BCUT2D eigenvalue weighted by Crippen LogP contribution is 2.50. The summed E-state index contributed by atoms with van der Waals surface area (Å²) in [6, 6.07) is 82.6. The second-order valence-corrected chi connectivity index (χ2v) is 17.9. The van der Waals surface area contributed by atoms with E-state index >= 15 is 0 Å². The van der Waals surface area contributed by atoms with Crippen LogP contribution in [0.2, 0.25) is 0 Å². The minimum atomic E-state index is 1.13. The molecule has 0 unspecified atom stereocenters. The maximum atomic E-state index is 2.51. The van der Waals surface area contributed by atoms with Gasteiger partial charge in [-0.2, -0.15) is 0 Å². The second kappa shape index (κ2) is 13.7. The molecule has 0 N–H and O–H groups in total. The Morgan fingerprint density at radius 2 is 0.797 bits per heavy atom. The summed E-state index contributed by atoms with van der Waals surface area (Å²) in [5, 5.41) is 7.71. The molecule has 0 aliphatic heterocycles. The first-order valence-electron chi connectivity index (χ1n) is 21.9. The van der Waals surface area contributed by atoms with Gasteiger partial charge in [-0.25, -0.2) is 0 Å². The van der Waals surface area contributed by atoms with E-state index in [1.54, 1.807) is 0 Å². The summed E-state index contributed by atoms with van der Waals surface area (Å²) >= 11 is 1.87. The minimum absolute atomic E-state index is 1.13. The molecule has 0 atom stereocenters. The van der Waals surface area contributed by atoms with Gasteiger partial charge in [0.25, 0.3) is 0 Å². The van der Waals surface area contributed by atoms with Gasteiger partial charge in [-0.1, -0.05) is 176 Å². The fourth-order valence-electron chi connectivity index (χ4n) is 10.7. The molecule has 298 valence electrons. The van der Waals surface area contributed by atoms with E-state index in [0.717, 1.165) is 16.9 Å². The Morgan fingerprint density at radius 1 is 0.297 bits per heavy atom. The van der Waals surface area contributed by atoms with Crippen LogP contribution in [0.5, 0.6) is 0 Å². The van der Waals surface area contributed by atoms with E-state index in [1.807, 2.05) is 11.3 Å². The van der Waals surface area contributed by atoms with E-state index in [4.69, 9.17) is 0 Å². The van der Waals surface area contributed by atoms with E-state index in [9.17, 15) is 0 Å². The molecule has 0 bridgehead atoms. The molecule has 14 rings (SSSR count). The molecule has 0 radical (unpaired) electrons. The van der Waals surface area contributed by atoms with Crippen molar-refractivity contribution in [3.05, 3.63) is 224 Å². The van der Waals surface area contributed by atoms with E-state index in [0.29, 0.717) is 0 Å². The molecule has 10 aromatic carbocycles. The normalized spacial score (nSPS) is 12.1. The first-order chi connectivity index (χ1) is 31.8. The summed E-state index contributed by atoms with van der Waals surface area (Å²) in [7, 11) is 0. The lowest BCUT2D eigenvalue weighted by Gasteiger charge is -2.30. The Hall–Kier alpha value is -8.18. The molecular formula is C60H37N3S. The lowest BCUT2D eigenvalue weighted by Crippen LogP contribution is -2.12. The maximum Gasteiger partial charge on any atom is 0.0789 e. The molecule has 0 saturated heterocycles. The minimum Gasteiger partial charge on any atom is -0.308 e. The van der Waals surface area contributed by atoms with Gasteiger partial charge in [0.05, 0.1) is 54.9 Å². The number of thiophene rings is 1. The standard InChI is InChI=1S/C60H37N3S/c1-2-15-39(16-3-1)42-17-4-9-23-50(42)61(55-27-14-22-49-46-21-8-13-28-57(46)64-60(49)55)51-24-10-5-18-43(51)40-31-29-38(30-32-40)41-33-36-54-56(37-41)63-53-26-12-7-20-45(53)48-35-34-47-44-19-6-11-25-52(44)62(54)58(47)59(48)63/h1-37H. The van der Waals surface area contributed by atoms with Crippen molar-refractivity contribution in [2.75, 3.05) is 4.90 Å². The quantitative estimate of drug-likeness (QED) is 0.152. The molecule has 3 nitrogen and oxygen atoms in total. The Labute approximate surface area is 372 Å². The monoisotopic (exact) mass is 831 g/mol. The van der Waals surface area contributed by atoms with E-state index in [-0.39, 0.29) is 0 Å². The van der Waals surface area contributed by atoms with Gasteiger partial charge in [-0.15, -0.1) is 11.3 Å². The molecule has 64 heavy (non-hydrogen) atoms. The second-order valence-electron chi connectivity index (χ2n) is 16.8. The average Bonchev–Trinajstić information content (AvgIpc) is 4.03. The van der Waals surface area contributed by atoms with Gasteiger partial charge in [0.15, 0.2) is 0 Å². The smallest absolute Gasteiger partial charge is 0.0789 e. The predicted octanol–water partition coefficient (Wildman–Crippen LogP) is 17.1. The van der Waals surface area contributed by atoms with Crippen molar-refractivity contribution >= 4 is 103 Å². The lowest BCUT2D eigenvalue weighted by molar-refractivity contribution is 1.26. The fraction of sp³-hybridized carbons (Fsp3) is 0. The molecular weight excluding hydrogens is 795 g/mol. The van der Waals surface area contributed by atoms with Crippen molar-refractivity contribution in [2.45, 2.75) is 0 Å². The number of hydrogen-bond acceptors (Lipinski definition) is 2. The van der Waals surface area contributed by atoms with E-state index in [1.165, 1.54) is 108 Å². The number of rotatable bonds is 6. The SMILES string of the molecule is c1ccc(-c2ccccc2N(c2ccccc2-c2ccc(-c3ccc4c(c3)n3c5ccccc5c5ccc6c7ccccc7n4c6c53)cc2)c2cccc3c2sc2ccccc23)cc1. The molecule has 4 heteroatoms. The molecule has 0 fully saturated rings. The Morgan fingerprint density at radius 3 is 1.48 bits per heavy atom. The van der Waals surface area contributed by atoms with Crippen LogP contribution in [0.15, 0.2) is 224 Å². The predicted molar refractivity (Wildman–Crippen MR) is 273 cm³/mol. The van der Waals surface area contributed by atoms with Crippen LogP contribution in [-0.2, 0) is 0 Å². The number of fused-ring (bicyclic) bond motifs is 12. The van der Waals surface area contributed by atoms with Crippen molar-refractivity contribution < 1.29 is 0 Å². The van der Waals surface area contributed by atoms with Crippen LogP contribution in [0.1, 0.15) is 0 Å². The zero-order valence-electron chi connectivity index (χ0n) is 34.6. The first-order valence-corrected chi connectivity index (χ1v) is 22.7. The molecule has 0 spiro atoms. The van der Waals surface area contributed by atoms with Crippen molar-refractivity contribution in [3.8, 4) is 33.4 Å². The number of anilines is 3. The van der Waals surface area contributed by atoms with Crippen molar-refractivity contribution in [1.82, 2.24) is 8.80 Å². The van der Waals surface area contributed by atoms with Gasteiger partial charge >= 0.3 is 0 Å². The zero-order chi connectivity index (χ0) is 41.9. The highest BCUT2D eigenvalue weighted by molar-refractivity contribution is 7.26. The van der Waals surface area contributed by atoms with E-state index in [2.05, 4.69) is 238 Å². The summed E-state index contributed by atoms with van der Waals surface area (Å²) in [5.74, 6) is 0. The van der Waals surface area contributed by atoms with Crippen LogP contribution in [0, 0.1) is 0 Å². The lowest BCUT2D eigenvalue weighted by atomic mass is 9.97. The van der Waals surface area contributed by atoms with Gasteiger partial charge in [0.2, 0.25) is 0 Å². The summed E-state index contributed by atoms with van der Waals surface area (Å²) < 4.78 is 7.56. The van der Waals surface area contributed by atoms with Crippen LogP contribution in [0.4, 0.5) is 17.1 Å². The molecule has 4 heterocycles. The van der Waals surface area contributed by atoms with Gasteiger partial charge in [-0.05, 0) is 70.8 Å². The maximum absolute atomic E-state index is 2.51. The van der Waals surface area contributed by atoms with Crippen LogP contribution >= 0.6 is 11.3 Å². The van der Waals surface area contributed by atoms with Crippen LogP contribution in [0.25, 0.3) is 108 Å². The van der Waals surface area contributed by atoms with Gasteiger partial charge < -0.3 is 13.7 Å². The first kappa shape index (κ1) is 35.4. The number of aromatic nitrogens is 2. The number of benzene rings is 10. The molecule has 0 aliphatic rings. The molecule has 0 saturated carbocycles. The Balaban J connectivity index is 0.952. The average molecular weight is 832 g/mol. The third-order valence-electron chi connectivity index (χ3n) is 13.5. The highest BCUT2D eigenvalue weighted by Gasteiger charge is 2.25. The molecule has 4 aromatic heterocycles. The topological polar surface area (TPSA) is 12.1 Å². The number of para-hydroxylation sites is 4. The number of hydrogen-bond donors (Lipinski definition) is 0. The summed E-state index contributed by atoms with van der Waals surface area (Å²) in [5.41, 5.74) is 17.9. The summed E-state index contributed by atoms with van der Waals surface area (Å²) in [4.78, 5) is 2.49. The van der Waals surface area contributed by atoms with Gasteiger partial charge in [-0.3, -0.25) is 0 Å². The van der Waals surface area contributed by atoms with Crippen molar-refractivity contribution in [3.63, 3.8) is 0 Å². The van der Waals surface area contributed by atoms with Crippen molar-refractivity contribution in [2.24, 2.45) is 0 Å². The Bertz CT molecular complexity index is 4130. The van der Waals surface area contributed by atoms with Gasteiger partial charge in [0, 0.05) is 48.1 Å².